The summed E-state index contributed by atoms with van der Waals surface area (Å²) in [5.74, 6) is 1.58. The minimum atomic E-state index is 0. The lowest BCUT2D eigenvalue weighted by molar-refractivity contribution is -0.121. The summed E-state index contributed by atoms with van der Waals surface area (Å²) < 4.78 is 5.52. The maximum Gasteiger partial charge on any atom is 0.220 e. The highest BCUT2D eigenvalue weighted by Gasteiger charge is 2.14. The molecule has 1 aromatic carbocycles. The van der Waals surface area contributed by atoms with Gasteiger partial charge in [0.1, 0.15) is 12.4 Å². The zero-order valence-corrected chi connectivity index (χ0v) is 14.2. The van der Waals surface area contributed by atoms with Gasteiger partial charge in [-0.1, -0.05) is 11.6 Å². The van der Waals surface area contributed by atoms with E-state index in [1.54, 1.807) is 12.1 Å². The van der Waals surface area contributed by atoms with Crippen LogP contribution in [0.2, 0.25) is 5.02 Å². The van der Waals surface area contributed by atoms with Gasteiger partial charge in [0.15, 0.2) is 0 Å². The van der Waals surface area contributed by atoms with Crippen LogP contribution in [0.25, 0.3) is 0 Å². The number of nitrogens with one attached hydrogen (secondary N) is 2. The van der Waals surface area contributed by atoms with Crippen LogP contribution in [0.15, 0.2) is 24.3 Å². The molecule has 1 aliphatic heterocycles. The number of piperidine rings is 1. The molecule has 1 aliphatic rings. The van der Waals surface area contributed by atoms with Crippen molar-refractivity contribution in [3.05, 3.63) is 29.3 Å². The van der Waals surface area contributed by atoms with Crippen molar-refractivity contribution in [3.8, 4) is 5.75 Å². The molecular weight excluding hydrogens is 323 g/mol. The predicted molar refractivity (Wildman–Crippen MR) is 92.0 cm³/mol. The average molecular weight is 347 g/mol. The third-order valence-electron chi connectivity index (χ3n) is 3.74. The normalized spacial score (nSPS) is 15.0. The largest absolute Gasteiger partial charge is 0.492 e. The first-order valence-corrected chi connectivity index (χ1v) is 7.97. The van der Waals surface area contributed by atoms with Crippen molar-refractivity contribution in [3.63, 3.8) is 0 Å². The first kappa shape index (κ1) is 19.1. The van der Waals surface area contributed by atoms with E-state index in [0.717, 1.165) is 25.3 Å². The Balaban J connectivity index is 0.00000242. The topological polar surface area (TPSA) is 50.4 Å². The van der Waals surface area contributed by atoms with Crippen LogP contribution < -0.4 is 15.4 Å². The van der Waals surface area contributed by atoms with Gasteiger partial charge in [0.05, 0.1) is 6.54 Å². The molecule has 1 fully saturated rings. The first-order chi connectivity index (χ1) is 10.2. The molecule has 0 aliphatic carbocycles. The van der Waals surface area contributed by atoms with Crippen LogP contribution in [-0.2, 0) is 4.79 Å². The van der Waals surface area contributed by atoms with E-state index >= 15 is 0 Å². The first-order valence-electron chi connectivity index (χ1n) is 7.60. The summed E-state index contributed by atoms with van der Waals surface area (Å²) >= 11 is 5.80. The van der Waals surface area contributed by atoms with Crippen molar-refractivity contribution in [1.82, 2.24) is 10.6 Å². The number of rotatable bonds is 7. The number of hydrogen-bond acceptors (Lipinski definition) is 3. The van der Waals surface area contributed by atoms with Gasteiger partial charge in [-0.15, -0.1) is 12.4 Å². The van der Waals surface area contributed by atoms with Gasteiger partial charge >= 0.3 is 0 Å². The van der Waals surface area contributed by atoms with Crippen LogP contribution in [0.5, 0.6) is 5.75 Å². The van der Waals surface area contributed by atoms with Gasteiger partial charge < -0.3 is 15.4 Å². The lowest BCUT2D eigenvalue weighted by Gasteiger charge is -2.22. The van der Waals surface area contributed by atoms with Crippen molar-refractivity contribution < 1.29 is 9.53 Å². The lowest BCUT2D eigenvalue weighted by Crippen LogP contribution is -2.30. The Hall–Kier alpha value is -0.970. The SMILES string of the molecule is Cl.O=C(CCC1CCNCC1)NCCOc1ccc(Cl)cc1. The Morgan fingerprint density at radius 2 is 1.95 bits per heavy atom. The Bertz CT molecular complexity index is 434. The van der Waals surface area contributed by atoms with E-state index in [1.165, 1.54) is 12.8 Å². The molecule has 0 radical (unpaired) electrons. The van der Waals surface area contributed by atoms with Gasteiger partial charge in [-0.2, -0.15) is 0 Å². The van der Waals surface area contributed by atoms with Gasteiger partial charge in [0.25, 0.3) is 0 Å². The fraction of sp³-hybridized carbons (Fsp3) is 0.562. The molecule has 2 rings (SSSR count). The van der Waals surface area contributed by atoms with Crippen molar-refractivity contribution in [1.29, 1.82) is 0 Å². The van der Waals surface area contributed by atoms with Gasteiger partial charge in [0, 0.05) is 11.4 Å². The van der Waals surface area contributed by atoms with Crippen LogP contribution in [0.3, 0.4) is 0 Å². The Morgan fingerprint density at radius 3 is 2.64 bits per heavy atom. The molecule has 4 nitrogen and oxygen atoms in total. The lowest BCUT2D eigenvalue weighted by atomic mass is 9.93. The number of hydrogen-bond donors (Lipinski definition) is 2. The van der Waals surface area contributed by atoms with E-state index < -0.39 is 0 Å². The quantitative estimate of drug-likeness (QED) is 0.746. The fourth-order valence-electron chi connectivity index (χ4n) is 2.48. The van der Waals surface area contributed by atoms with Crippen LogP contribution in [0, 0.1) is 5.92 Å². The number of amides is 1. The van der Waals surface area contributed by atoms with Gasteiger partial charge in [-0.05, 0) is 62.5 Å². The van der Waals surface area contributed by atoms with E-state index in [1.807, 2.05) is 12.1 Å². The number of carbonyl (C=O) groups excluding carboxylic acids is 1. The molecule has 1 aromatic rings. The van der Waals surface area contributed by atoms with Gasteiger partial charge in [-0.25, -0.2) is 0 Å². The number of halogens is 2. The highest BCUT2D eigenvalue weighted by molar-refractivity contribution is 6.30. The van der Waals surface area contributed by atoms with E-state index in [2.05, 4.69) is 10.6 Å². The van der Waals surface area contributed by atoms with Crippen LogP contribution in [0.1, 0.15) is 25.7 Å². The third kappa shape index (κ3) is 7.34. The molecule has 0 saturated carbocycles. The zero-order chi connectivity index (χ0) is 14.9. The second-order valence-corrected chi connectivity index (χ2v) is 5.82. The molecule has 1 saturated heterocycles. The second-order valence-electron chi connectivity index (χ2n) is 5.38. The minimum absolute atomic E-state index is 0. The van der Waals surface area contributed by atoms with Gasteiger partial charge in [-0.3, -0.25) is 4.79 Å². The molecule has 0 bridgehead atoms. The van der Waals surface area contributed by atoms with Gasteiger partial charge in [0.2, 0.25) is 5.91 Å². The number of carbonyl (C=O) groups is 1. The second kappa shape index (κ2) is 10.7. The Labute approximate surface area is 143 Å². The molecule has 1 amide bonds. The Kier molecular flexibility index (Phi) is 9.28. The summed E-state index contributed by atoms with van der Waals surface area (Å²) in [5.41, 5.74) is 0. The van der Waals surface area contributed by atoms with E-state index in [-0.39, 0.29) is 18.3 Å². The predicted octanol–water partition coefficient (Wildman–Crippen LogP) is 3.04. The standard InChI is InChI=1S/C16H23ClN2O2.ClH/c17-14-2-4-15(5-3-14)21-12-11-19-16(20)6-1-13-7-9-18-10-8-13;/h2-5,13,18H,1,6-12H2,(H,19,20);1H. The smallest absolute Gasteiger partial charge is 0.220 e. The van der Waals surface area contributed by atoms with Crippen molar-refractivity contribution in [2.75, 3.05) is 26.2 Å². The number of ether oxygens (including phenoxy) is 1. The molecule has 6 heteroatoms. The molecular formula is C16H24Cl2N2O2. The average Bonchev–Trinajstić information content (AvgIpc) is 2.52. The van der Waals surface area contributed by atoms with E-state index in [9.17, 15) is 4.79 Å². The molecule has 1 heterocycles. The van der Waals surface area contributed by atoms with Crippen molar-refractivity contribution in [2.45, 2.75) is 25.7 Å². The maximum atomic E-state index is 11.7. The molecule has 0 spiro atoms. The molecule has 0 atom stereocenters. The molecule has 124 valence electrons. The van der Waals surface area contributed by atoms with Crippen molar-refractivity contribution in [2.24, 2.45) is 5.92 Å². The number of benzene rings is 1. The summed E-state index contributed by atoms with van der Waals surface area (Å²) in [7, 11) is 0. The summed E-state index contributed by atoms with van der Waals surface area (Å²) in [6.45, 7) is 3.18. The molecule has 0 aromatic heterocycles. The van der Waals surface area contributed by atoms with Crippen LogP contribution in [-0.4, -0.2) is 32.1 Å². The monoisotopic (exact) mass is 346 g/mol. The summed E-state index contributed by atoms with van der Waals surface area (Å²) in [6.07, 6.45) is 3.98. The highest BCUT2D eigenvalue weighted by atomic mass is 35.5. The molecule has 22 heavy (non-hydrogen) atoms. The minimum Gasteiger partial charge on any atom is -0.492 e. The maximum absolute atomic E-state index is 11.7. The van der Waals surface area contributed by atoms with Crippen LogP contribution in [0.4, 0.5) is 0 Å². The van der Waals surface area contributed by atoms with Crippen molar-refractivity contribution >= 4 is 29.9 Å². The third-order valence-corrected chi connectivity index (χ3v) is 4.00. The fourth-order valence-corrected chi connectivity index (χ4v) is 2.61. The zero-order valence-electron chi connectivity index (χ0n) is 12.6. The van der Waals surface area contributed by atoms with E-state index in [0.29, 0.717) is 30.5 Å². The summed E-state index contributed by atoms with van der Waals surface area (Å²) in [5, 5.41) is 6.92. The van der Waals surface area contributed by atoms with E-state index in [4.69, 9.17) is 16.3 Å². The molecule has 0 unspecified atom stereocenters. The summed E-state index contributed by atoms with van der Waals surface area (Å²) in [4.78, 5) is 11.7. The Morgan fingerprint density at radius 1 is 1.27 bits per heavy atom. The molecule has 2 N–H and O–H groups in total. The summed E-state index contributed by atoms with van der Waals surface area (Å²) in [6, 6.07) is 7.21. The van der Waals surface area contributed by atoms with Crippen LogP contribution >= 0.6 is 24.0 Å². The highest BCUT2D eigenvalue weighted by Crippen LogP contribution is 2.17.